The molecule has 0 bridgehead atoms. The van der Waals surface area contributed by atoms with Crippen molar-refractivity contribution in [1.82, 2.24) is 15.1 Å². The molecule has 1 aromatic carbocycles. The number of amides is 1. The van der Waals surface area contributed by atoms with E-state index in [4.69, 9.17) is 9.47 Å². The maximum Gasteiger partial charge on any atom is 0.255 e. The predicted molar refractivity (Wildman–Crippen MR) is 95.0 cm³/mol. The third-order valence-electron chi connectivity index (χ3n) is 4.11. The molecule has 134 valence electrons. The Bertz CT molecular complexity index is 540. The van der Waals surface area contributed by atoms with Crippen LogP contribution in [0.4, 0.5) is 0 Å². The number of carbonyl (C=O) groups excluding carboxylic acids is 1. The van der Waals surface area contributed by atoms with Gasteiger partial charge in [-0.3, -0.25) is 9.69 Å². The predicted octanol–water partition coefficient (Wildman–Crippen LogP) is 1.46. The van der Waals surface area contributed by atoms with Crippen molar-refractivity contribution in [2.45, 2.75) is 20.0 Å². The van der Waals surface area contributed by atoms with E-state index in [9.17, 15) is 4.79 Å². The van der Waals surface area contributed by atoms with Crippen molar-refractivity contribution >= 4 is 5.91 Å². The quantitative estimate of drug-likeness (QED) is 0.818. The van der Waals surface area contributed by atoms with Crippen molar-refractivity contribution in [1.29, 1.82) is 0 Å². The lowest BCUT2D eigenvalue weighted by Gasteiger charge is -2.32. The maximum absolute atomic E-state index is 12.5. The zero-order valence-corrected chi connectivity index (χ0v) is 15.2. The Labute approximate surface area is 144 Å². The molecule has 1 saturated heterocycles. The number of rotatable bonds is 7. The van der Waals surface area contributed by atoms with Crippen LogP contribution in [0.5, 0.6) is 11.5 Å². The summed E-state index contributed by atoms with van der Waals surface area (Å²) < 4.78 is 11.0. The fraction of sp³-hybridized carbons (Fsp3) is 0.611. The Morgan fingerprint density at radius 3 is 2.58 bits per heavy atom. The van der Waals surface area contributed by atoms with Gasteiger partial charge in [-0.1, -0.05) is 0 Å². The highest BCUT2D eigenvalue weighted by molar-refractivity contribution is 5.97. The van der Waals surface area contributed by atoms with Crippen molar-refractivity contribution in [3.63, 3.8) is 0 Å². The van der Waals surface area contributed by atoms with Crippen molar-refractivity contribution in [3.05, 3.63) is 23.8 Å². The molecule has 0 unspecified atom stereocenters. The number of nitrogens with zero attached hydrogens (tertiary/aromatic N) is 2. The summed E-state index contributed by atoms with van der Waals surface area (Å²) in [7, 11) is 3.74. The number of hydrogen-bond acceptors (Lipinski definition) is 5. The van der Waals surface area contributed by atoms with E-state index in [1.807, 2.05) is 13.8 Å². The van der Waals surface area contributed by atoms with E-state index in [1.165, 1.54) is 0 Å². The molecule has 1 aliphatic heterocycles. The topological polar surface area (TPSA) is 54.0 Å². The minimum absolute atomic E-state index is 0.00556. The minimum Gasteiger partial charge on any atom is -0.497 e. The molecule has 0 spiro atoms. The molecule has 1 heterocycles. The molecule has 0 saturated carbocycles. The van der Waals surface area contributed by atoms with Crippen molar-refractivity contribution in [3.8, 4) is 11.5 Å². The fourth-order valence-electron chi connectivity index (χ4n) is 2.66. The van der Waals surface area contributed by atoms with E-state index in [0.717, 1.165) is 32.7 Å². The molecule has 6 nitrogen and oxygen atoms in total. The largest absolute Gasteiger partial charge is 0.497 e. The van der Waals surface area contributed by atoms with Gasteiger partial charge in [-0.05, 0) is 33.0 Å². The molecule has 0 atom stereocenters. The molecule has 0 radical (unpaired) electrons. The average molecular weight is 335 g/mol. The van der Waals surface area contributed by atoms with Gasteiger partial charge in [-0.15, -0.1) is 0 Å². The number of methoxy groups -OCH3 is 1. The van der Waals surface area contributed by atoms with Gasteiger partial charge in [0.15, 0.2) is 0 Å². The van der Waals surface area contributed by atoms with Gasteiger partial charge in [0.1, 0.15) is 11.5 Å². The zero-order chi connectivity index (χ0) is 17.5. The van der Waals surface area contributed by atoms with E-state index in [-0.39, 0.29) is 12.0 Å². The SMILES string of the molecule is COc1ccc(C(=O)NCCN2CCN(C)CC2)c(OC(C)C)c1. The summed E-state index contributed by atoms with van der Waals surface area (Å²) >= 11 is 0. The highest BCUT2D eigenvalue weighted by Gasteiger charge is 2.16. The van der Waals surface area contributed by atoms with Crippen LogP contribution in [0.1, 0.15) is 24.2 Å². The number of benzene rings is 1. The molecule has 0 aliphatic carbocycles. The van der Waals surface area contributed by atoms with Crippen molar-refractivity contribution < 1.29 is 14.3 Å². The first-order valence-electron chi connectivity index (χ1n) is 8.53. The van der Waals surface area contributed by atoms with Crippen LogP contribution in [0.15, 0.2) is 18.2 Å². The summed E-state index contributed by atoms with van der Waals surface area (Å²) in [5.41, 5.74) is 0.544. The van der Waals surface area contributed by atoms with Crippen LogP contribution in [-0.2, 0) is 0 Å². The Kier molecular flexibility index (Phi) is 6.87. The maximum atomic E-state index is 12.5. The third kappa shape index (κ3) is 5.39. The number of ether oxygens (including phenoxy) is 2. The van der Waals surface area contributed by atoms with Gasteiger partial charge < -0.3 is 19.7 Å². The molecular formula is C18H29N3O3. The van der Waals surface area contributed by atoms with Crippen LogP contribution in [0.3, 0.4) is 0 Å². The lowest BCUT2D eigenvalue weighted by molar-refractivity contribution is 0.0935. The van der Waals surface area contributed by atoms with Gasteiger partial charge in [0, 0.05) is 45.3 Å². The van der Waals surface area contributed by atoms with Crippen molar-refractivity contribution in [2.24, 2.45) is 0 Å². The van der Waals surface area contributed by atoms with Crippen LogP contribution in [0.25, 0.3) is 0 Å². The minimum atomic E-state index is -0.109. The summed E-state index contributed by atoms with van der Waals surface area (Å²) in [6.07, 6.45) is -0.00556. The number of carbonyl (C=O) groups is 1. The highest BCUT2D eigenvalue weighted by Crippen LogP contribution is 2.25. The van der Waals surface area contributed by atoms with Crippen LogP contribution < -0.4 is 14.8 Å². The summed E-state index contributed by atoms with van der Waals surface area (Å²) in [5.74, 6) is 1.13. The fourth-order valence-corrected chi connectivity index (χ4v) is 2.66. The monoisotopic (exact) mass is 335 g/mol. The summed E-state index contributed by atoms with van der Waals surface area (Å²) in [5, 5.41) is 2.99. The molecule has 2 rings (SSSR count). The van der Waals surface area contributed by atoms with Gasteiger partial charge in [0.25, 0.3) is 5.91 Å². The first kappa shape index (κ1) is 18.5. The Morgan fingerprint density at radius 2 is 1.96 bits per heavy atom. The molecular weight excluding hydrogens is 306 g/mol. The zero-order valence-electron chi connectivity index (χ0n) is 15.2. The molecule has 0 aromatic heterocycles. The summed E-state index contributed by atoms with van der Waals surface area (Å²) in [6.45, 7) is 9.65. The lowest BCUT2D eigenvalue weighted by atomic mass is 10.1. The first-order valence-corrected chi connectivity index (χ1v) is 8.53. The molecule has 1 N–H and O–H groups in total. The van der Waals surface area contributed by atoms with Crippen LogP contribution in [0.2, 0.25) is 0 Å². The van der Waals surface area contributed by atoms with Gasteiger partial charge in [0.05, 0.1) is 18.8 Å². The van der Waals surface area contributed by atoms with Gasteiger partial charge in [-0.2, -0.15) is 0 Å². The van der Waals surface area contributed by atoms with Crippen LogP contribution in [-0.4, -0.2) is 75.2 Å². The number of likely N-dealkylation sites (N-methyl/N-ethyl adjacent to an activating group) is 1. The average Bonchev–Trinajstić information content (AvgIpc) is 2.56. The van der Waals surface area contributed by atoms with Gasteiger partial charge in [0.2, 0.25) is 0 Å². The second kappa shape index (κ2) is 8.89. The van der Waals surface area contributed by atoms with Gasteiger partial charge >= 0.3 is 0 Å². The summed E-state index contributed by atoms with van der Waals surface area (Å²) in [4.78, 5) is 17.2. The lowest BCUT2D eigenvalue weighted by Crippen LogP contribution is -2.46. The molecule has 1 fully saturated rings. The van der Waals surface area contributed by atoms with Crippen LogP contribution >= 0.6 is 0 Å². The number of hydrogen-bond donors (Lipinski definition) is 1. The van der Waals surface area contributed by atoms with Crippen LogP contribution in [0, 0.1) is 0 Å². The molecule has 6 heteroatoms. The summed E-state index contributed by atoms with van der Waals surface area (Å²) in [6, 6.07) is 5.29. The van der Waals surface area contributed by atoms with E-state index in [0.29, 0.717) is 23.6 Å². The van der Waals surface area contributed by atoms with Gasteiger partial charge in [-0.25, -0.2) is 0 Å². The number of piperazine rings is 1. The molecule has 1 aliphatic rings. The van der Waals surface area contributed by atoms with E-state index >= 15 is 0 Å². The van der Waals surface area contributed by atoms with E-state index < -0.39 is 0 Å². The Hall–Kier alpha value is -1.79. The highest BCUT2D eigenvalue weighted by atomic mass is 16.5. The normalized spacial score (nSPS) is 16.2. The Balaban J connectivity index is 1.91. The Morgan fingerprint density at radius 1 is 1.25 bits per heavy atom. The van der Waals surface area contributed by atoms with E-state index in [2.05, 4.69) is 22.2 Å². The number of nitrogens with one attached hydrogen (secondary N) is 1. The second-order valence-electron chi connectivity index (χ2n) is 6.43. The van der Waals surface area contributed by atoms with E-state index in [1.54, 1.807) is 25.3 Å². The second-order valence-corrected chi connectivity index (χ2v) is 6.43. The molecule has 1 amide bonds. The smallest absolute Gasteiger partial charge is 0.255 e. The van der Waals surface area contributed by atoms with Crippen molar-refractivity contribution in [2.75, 3.05) is 53.4 Å². The standard InChI is InChI=1S/C18H29N3O3/c1-14(2)24-17-13-15(23-4)5-6-16(17)18(22)19-7-8-21-11-9-20(3)10-12-21/h5-6,13-14H,7-12H2,1-4H3,(H,19,22). The third-order valence-corrected chi connectivity index (χ3v) is 4.11. The molecule has 1 aromatic rings. The first-order chi connectivity index (χ1) is 11.5. The molecule has 24 heavy (non-hydrogen) atoms.